The third-order valence-corrected chi connectivity index (χ3v) is 2.54. The van der Waals surface area contributed by atoms with Crippen LogP contribution in [0.15, 0.2) is 10.9 Å². The van der Waals surface area contributed by atoms with E-state index in [2.05, 4.69) is 10.3 Å². The number of hydrogen-bond acceptors (Lipinski definition) is 3. The SMILES string of the molecule is COc1[nH]c(C)cc(=O)c1CNC(=O)C(C)(C)C. The van der Waals surface area contributed by atoms with Gasteiger partial charge in [-0.25, -0.2) is 0 Å². The maximum atomic E-state index is 11.8. The first-order valence-electron chi connectivity index (χ1n) is 5.81. The van der Waals surface area contributed by atoms with Gasteiger partial charge in [-0.15, -0.1) is 0 Å². The Hall–Kier alpha value is -1.78. The topological polar surface area (TPSA) is 71.2 Å². The van der Waals surface area contributed by atoms with E-state index in [9.17, 15) is 9.59 Å². The van der Waals surface area contributed by atoms with Gasteiger partial charge >= 0.3 is 0 Å². The van der Waals surface area contributed by atoms with Crippen molar-refractivity contribution >= 4 is 5.91 Å². The summed E-state index contributed by atoms with van der Waals surface area (Å²) < 4.78 is 5.12. The molecule has 5 nitrogen and oxygen atoms in total. The summed E-state index contributed by atoms with van der Waals surface area (Å²) >= 11 is 0. The molecule has 0 aromatic carbocycles. The summed E-state index contributed by atoms with van der Waals surface area (Å²) in [6.45, 7) is 7.40. The predicted octanol–water partition coefficient (Wildman–Crippen LogP) is 1.35. The second-order valence-corrected chi connectivity index (χ2v) is 5.26. The Balaban J connectivity index is 2.92. The highest BCUT2D eigenvalue weighted by Gasteiger charge is 2.21. The van der Waals surface area contributed by atoms with Gasteiger partial charge in [0.05, 0.1) is 19.2 Å². The number of nitrogens with one attached hydrogen (secondary N) is 2. The smallest absolute Gasteiger partial charge is 0.225 e. The third kappa shape index (κ3) is 3.35. The fourth-order valence-electron chi connectivity index (χ4n) is 1.46. The summed E-state index contributed by atoms with van der Waals surface area (Å²) in [4.78, 5) is 26.5. The maximum Gasteiger partial charge on any atom is 0.225 e. The van der Waals surface area contributed by atoms with Crippen LogP contribution in [-0.2, 0) is 11.3 Å². The average Bonchev–Trinajstić information content (AvgIpc) is 2.25. The summed E-state index contributed by atoms with van der Waals surface area (Å²) in [6.07, 6.45) is 0. The van der Waals surface area contributed by atoms with Crippen molar-refractivity contribution in [1.82, 2.24) is 10.3 Å². The number of ether oxygens (including phenoxy) is 1. The Morgan fingerprint density at radius 1 is 1.44 bits per heavy atom. The average molecular weight is 252 g/mol. The molecule has 100 valence electrons. The summed E-state index contributed by atoms with van der Waals surface area (Å²) in [5.41, 5.74) is 0.533. The van der Waals surface area contributed by atoms with Crippen molar-refractivity contribution in [2.75, 3.05) is 7.11 Å². The predicted molar refractivity (Wildman–Crippen MR) is 69.7 cm³/mol. The molecule has 0 saturated heterocycles. The Morgan fingerprint density at radius 2 is 2.06 bits per heavy atom. The molecule has 0 bridgehead atoms. The fourth-order valence-corrected chi connectivity index (χ4v) is 1.46. The molecule has 0 aliphatic heterocycles. The van der Waals surface area contributed by atoms with Crippen LogP contribution >= 0.6 is 0 Å². The van der Waals surface area contributed by atoms with Crippen molar-refractivity contribution in [3.8, 4) is 5.88 Å². The molecule has 0 aliphatic carbocycles. The number of amides is 1. The van der Waals surface area contributed by atoms with E-state index in [1.54, 1.807) is 6.92 Å². The third-order valence-electron chi connectivity index (χ3n) is 2.54. The van der Waals surface area contributed by atoms with E-state index < -0.39 is 5.41 Å². The van der Waals surface area contributed by atoms with Crippen molar-refractivity contribution in [3.63, 3.8) is 0 Å². The molecular formula is C13H20N2O3. The number of hydrogen-bond donors (Lipinski definition) is 2. The Bertz CT molecular complexity index is 498. The van der Waals surface area contributed by atoms with Crippen molar-refractivity contribution < 1.29 is 9.53 Å². The molecule has 0 spiro atoms. The van der Waals surface area contributed by atoms with Crippen LogP contribution in [0.4, 0.5) is 0 Å². The zero-order chi connectivity index (χ0) is 13.9. The van der Waals surface area contributed by atoms with Crippen molar-refractivity contribution in [2.24, 2.45) is 5.41 Å². The first-order valence-corrected chi connectivity index (χ1v) is 5.81. The lowest BCUT2D eigenvalue weighted by atomic mass is 9.95. The number of pyridine rings is 1. The van der Waals surface area contributed by atoms with E-state index in [4.69, 9.17) is 4.74 Å². The quantitative estimate of drug-likeness (QED) is 0.853. The largest absolute Gasteiger partial charge is 0.482 e. The minimum Gasteiger partial charge on any atom is -0.482 e. The molecule has 0 fully saturated rings. The van der Waals surface area contributed by atoms with Gasteiger partial charge in [0, 0.05) is 17.2 Å². The van der Waals surface area contributed by atoms with Gasteiger partial charge in [-0.3, -0.25) is 9.59 Å². The Morgan fingerprint density at radius 3 is 2.56 bits per heavy atom. The van der Waals surface area contributed by atoms with E-state index in [-0.39, 0.29) is 17.9 Å². The second-order valence-electron chi connectivity index (χ2n) is 5.26. The van der Waals surface area contributed by atoms with Gasteiger partial charge < -0.3 is 15.0 Å². The highest BCUT2D eigenvalue weighted by atomic mass is 16.5. The summed E-state index contributed by atoms with van der Waals surface area (Å²) in [5, 5.41) is 2.73. The van der Waals surface area contributed by atoms with Gasteiger partial charge in [0.2, 0.25) is 5.91 Å². The molecule has 0 saturated carbocycles. The molecule has 0 radical (unpaired) electrons. The normalized spacial score (nSPS) is 11.2. The summed E-state index contributed by atoms with van der Waals surface area (Å²) in [6, 6.07) is 1.49. The van der Waals surface area contributed by atoms with E-state index in [0.717, 1.165) is 5.69 Å². The number of aromatic nitrogens is 1. The Kier molecular flexibility index (Phi) is 4.16. The van der Waals surface area contributed by atoms with Gasteiger partial charge in [-0.1, -0.05) is 20.8 Å². The maximum absolute atomic E-state index is 11.8. The van der Waals surface area contributed by atoms with Crippen LogP contribution < -0.4 is 15.5 Å². The lowest BCUT2D eigenvalue weighted by molar-refractivity contribution is -0.128. The van der Waals surface area contributed by atoms with Crippen molar-refractivity contribution in [2.45, 2.75) is 34.2 Å². The molecular weight excluding hydrogens is 232 g/mol. The van der Waals surface area contributed by atoms with Crippen LogP contribution in [0.5, 0.6) is 5.88 Å². The molecule has 1 rings (SSSR count). The van der Waals surface area contributed by atoms with Crippen LogP contribution in [0.1, 0.15) is 32.0 Å². The Labute approximate surface area is 107 Å². The van der Waals surface area contributed by atoms with E-state index in [0.29, 0.717) is 11.4 Å². The first kappa shape index (κ1) is 14.3. The molecule has 18 heavy (non-hydrogen) atoms. The van der Waals surface area contributed by atoms with Gasteiger partial charge in [-0.05, 0) is 6.92 Å². The van der Waals surface area contributed by atoms with Crippen molar-refractivity contribution in [1.29, 1.82) is 0 Å². The van der Waals surface area contributed by atoms with Crippen LogP contribution in [-0.4, -0.2) is 18.0 Å². The van der Waals surface area contributed by atoms with Gasteiger partial charge in [0.15, 0.2) is 11.3 Å². The number of methoxy groups -OCH3 is 1. The van der Waals surface area contributed by atoms with Crippen LogP contribution in [0, 0.1) is 12.3 Å². The number of aryl methyl sites for hydroxylation is 1. The monoisotopic (exact) mass is 252 g/mol. The first-order chi connectivity index (χ1) is 8.25. The van der Waals surface area contributed by atoms with E-state index in [1.165, 1.54) is 13.2 Å². The number of aromatic amines is 1. The molecule has 1 amide bonds. The number of rotatable bonds is 3. The standard InChI is InChI=1S/C13H20N2O3/c1-8-6-10(16)9(11(15-8)18-5)7-14-12(17)13(2,3)4/h6H,7H2,1-5H3,(H,14,17)(H,15,16). The minimum absolute atomic E-state index is 0.107. The summed E-state index contributed by atoms with van der Waals surface area (Å²) in [5.74, 6) is 0.290. The molecule has 5 heteroatoms. The zero-order valence-corrected chi connectivity index (χ0v) is 11.5. The highest BCUT2D eigenvalue weighted by Crippen LogP contribution is 2.15. The number of carbonyl (C=O) groups is 1. The van der Waals surface area contributed by atoms with Crippen LogP contribution in [0.3, 0.4) is 0 Å². The highest BCUT2D eigenvalue weighted by molar-refractivity contribution is 5.81. The fraction of sp³-hybridized carbons (Fsp3) is 0.538. The molecule has 0 aliphatic rings. The van der Waals surface area contributed by atoms with Crippen LogP contribution in [0.25, 0.3) is 0 Å². The second kappa shape index (κ2) is 5.25. The zero-order valence-electron chi connectivity index (χ0n) is 11.5. The van der Waals surface area contributed by atoms with E-state index >= 15 is 0 Å². The molecule has 0 atom stereocenters. The minimum atomic E-state index is -0.481. The molecule has 1 aromatic rings. The van der Waals surface area contributed by atoms with Crippen molar-refractivity contribution in [3.05, 3.63) is 27.5 Å². The summed E-state index contributed by atoms with van der Waals surface area (Å²) in [7, 11) is 1.49. The van der Waals surface area contributed by atoms with Gasteiger partial charge in [-0.2, -0.15) is 0 Å². The van der Waals surface area contributed by atoms with E-state index in [1.807, 2.05) is 20.8 Å². The molecule has 2 N–H and O–H groups in total. The van der Waals surface area contributed by atoms with Gasteiger partial charge in [0.1, 0.15) is 0 Å². The lowest BCUT2D eigenvalue weighted by Crippen LogP contribution is -2.35. The molecule has 0 unspecified atom stereocenters. The number of carbonyl (C=O) groups excluding carboxylic acids is 1. The van der Waals surface area contributed by atoms with Crippen LogP contribution in [0.2, 0.25) is 0 Å². The molecule has 1 heterocycles. The number of H-pyrrole nitrogens is 1. The molecule has 1 aromatic heterocycles. The lowest BCUT2D eigenvalue weighted by Gasteiger charge is -2.18. The van der Waals surface area contributed by atoms with Gasteiger partial charge in [0.25, 0.3) is 0 Å².